The Bertz CT molecular complexity index is 480. The Kier molecular flexibility index (Phi) is 3.29. The van der Waals surface area contributed by atoms with Crippen LogP contribution in [0.25, 0.3) is 0 Å². The monoisotopic (exact) mass is 233 g/mol. The van der Waals surface area contributed by atoms with E-state index in [4.69, 9.17) is 0 Å². The van der Waals surface area contributed by atoms with Crippen molar-refractivity contribution in [3.63, 3.8) is 0 Å². The first-order valence-electron chi connectivity index (χ1n) is 5.06. The molecular formula is C10H11N5O2. The molecule has 0 bridgehead atoms. The first-order valence-corrected chi connectivity index (χ1v) is 5.06. The smallest absolute Gasteiger partial charge is 0.275 e. The van der Waals surface area contributed by atoms with Gasteiger partial charge >= 0.3 is 0 Å². The van der Waals surface area contributed by atoms with Gasteiger partial charge in [0.1, 0.15) is 23.5 Å². The molecule has 17 heavy (non-hydrogen) atoms. The summed E-state index contributed by atoms with van der Waals surface area (Å²) in [6, 6.07) is 0. The summed E-state index contributed by atoms with van der Waals surface area (Å²) in [4.78, 5) is 19.7. The van der Waals surface area contributed by atoms with Gasteiger partial charge in [0.25, 0.3) is 5.91 Å². The van der Waals surface area contributed by atoms with Crippen LogP contribution in [0, 0.1) is 0 Å². The zero-order valence-corrected chi connectivity index (χ0v) is 9.17. The molecule has 0 radical (unpaired) electrons. The zero-order valence-electron chi connectivity index (χ0n) is 9.17. The van der Waals surface area contributed by atoms with Crippen LogP contribution in [0.2, 0.25) is 0 Å². The van der Waals surface area contributed by atoms with Gasteiger partial charge in [-0.1, -0.05) is 5.16 Å². The summed E-state index contributed by atoms with van der Waals surface area (Å²) < 4.78 is 4.59. The van der Waals surface area contributed by atoms with Gasteiger partial charge < -0.3 is 15.2 Å². The molecule has 7 heteroatoms. The van der Waals surface area contributed by atoms with E-state index in [0.717, 1.165) is 6.54 Å². The van der Waals surface area contributed by atoms with E-state index in [0.29, 0.717) is 11.5 Å². The van der Waals surface area contributed by atoms with E-state index in [1.165, 1.54) is 24.9 Å². The molecule has 0 saturated heterocycles. The Morgan fingerprint density at radius 1 is 1.35 bits per heavy atom. The van der Waals surface area contributed by atoms with Crippen LogP contribution in [0.1, 0.15) is 17.4 Å². The molecule has 0 aliphatic carbocycles. The average Bonchev–Trinajstić information content (AvgIpc) is 2.83. The van der Waals surface area contributed by atoms with Crippen molar-refractivity contribution in [1.82, 2.24) is 15.1 Å². The number of carbonyl (C=O) groups excluding carboxylic acids is 1. The molecule has 0 unspecified atom stereocenters. The van der Waals surface area contributed by atoms with Crippen LogP contribution in [-0.4, -0.2) is 27.6 Å². The number of nitrogens with zero attached hydrogens (tertiary/aromatic N) is 3. The Morgan fingerprint density at radius 2 is 2.24 bits per heavy atom. The first kappa shape index (κ1) is 11.1. The number of carbonyl (C=O) groups is 1. The molecule has 0 aliphatic rings. The number of aromatic nitrogens is 3. The SMILES string of the molecule is CCNc1cnc(C(=O)Nc2cnoc2)cn1. The molecule has 88 valence electrons. The molecule has 0 saturated carbocycles. The van der Waals surface area contributed by atoms with Gasteiger partial charge in [-0.05, 0) is 6.92 Å². The van der Waals surface area contributed by atoms with Crippen LogP contribution >= 0.6 is 0 Å². The van der Waals surface area contributed by atoms with Gasteiger partial charge in [-0.2, -0.15) is 0 Å². The molecule has 1 amide bonds. The van der Waals surface area contributed by atoms with Crippen molar-refractivity contribution in [3.8, 4) is 0 Å². The van der Waals surface area contributed by atoms with Crippen molar-refractivity contribution in [2.75, 3.05) is 17.2 Å². The lowest BCUT2D eigenvalue weighted by Crippen LogP contribution is -2.14. The van der Waals surface area contributed by atoms with Gasteiger partial charge in [0.05, 0.1) is 18.6 Å². The summed E-state index contributed by atoms with van der Waals surface area (Å²) in [7, 11) is 0. The van der Waals surface area contributed by atoms with E-state index >= 15 is 0 Å². The van der Waals surface area contributed by atoms with Crippen LogP contribution in [-0.2, 0) is 0 Å². The van der Waals surface area contributed by atoms with Gasteiger partial charge in [-0.25, -0.2) is 9.97 Å². The number of amides is 1. The van der Waals surface area contributed by atoms with Crippen LogP contribution < -0.4 is 10.6 Å². The molecular weight excluding hydrogens is 222 g/mol. The van der Waals surface area contributed by atoms with Crippen LogP contribution in [0.15, 0.2) is 29.4 Å². The Balaban J connectivity index is 2.04. The van der Waals surface area contributed by atoms with E-state index < -0.39 is 0 Å². The minimum Gasteiger partial charge on any atom is -0.369 e. The molecule has 2 N–H and O–H groups in total. The van der Waals surface area contributed by atoms with Gasteiger partial charge in [-0.3, -0.25) is 4.79 Å². The highest BCUT2D eigenvalue weighted by Crippen LogP contribution is 2.06. The largest absolute Gasteiger partial charge is 0.369 e. The maximum absolute atomic E-state index is 11.7. The predicted octanol–water partition coefficient (Wildman–Crippen LogP) is 1.15. The molecule has 2 aromatic rings. The second kappa shape index (κ2) is 5.06. The molecule has 0 spiro atoms. The molecule has 2 heterocycles. The second-order valence-electron chi connectivity index (χ2n) is 3.18. The highest BCUT2D eigenvalue weighted by Gasteiger charge is 2.09. The van der Waals surface area contributed by atoms with Crippen molar-refractivity contribution in [2.24, 2.45) is 0 Å². The van der Waals surface area contributed by atoms with E-state index in [9.17, 15) is 4.79 Å². The van der Waals surface area contributed by atoms with Crippen LogP contribution in [0.3, 0.4) is 0 Å². The summed E-state index contributed by atoms with van der Waals surface area (Å²) in [6.07, 6.45) is 5.64. The summed E-state index contributed by atoms with van der Waals surface area (Å²) in [5.41, 5.74) is 0.709. The quantitative estimate of drug-likeness (QED) is 0.822. The van der Waals surface area contributed by atoms with Crippen molar-refractivity contribution >= 4 is 17.4 Å². The molecule has 0 atom stereocenters. The predicted molar refractivity (Wildman–Crippen MR) is 60.7 cm³/mol. The van der Waals surface area contributed by atoms with Crippen molar-refractivity contribution in [1.29, 1.82) is 0 Å². The van der Waals surface area contributed by atoms with E-state index in [1.54, 1.807) is 0 Å². The third-order valence-corrected chi connectivity index (χ3v) is 1.93. The van der Waals surface area contributed by atoms with Gasteiger partial charge in [0, 0.05) is 6.54 Å². The van der Waals surface area contributed by atoms with E-state index in [1.807, 2.05) is 6.92 Å². The summed E-state index contributed by atoms with van der Waals surface area (Å²) >= 11 is 0. The number of hydrogen-bond acceptors (Lipinski definition) is 6. The topological polar surface area (TPSA) is 92.9 Å². The number of rotatable bonds is 4. The molecule has 2 aromatic heterocycles. The fraction of sp³-hybridized carbons (Fsp3) is 0.200. The maximum Gasteiger partial charge on any atom is 0.275 e. The summed E-state index contributed by atoms with van der Waals surface area (Å²) in [5, 5.41) is 9.03. The Morgan fingerprint density at radius 3 is 2.82 bits per heavy atom. The lowest BCUT2D eigenvalue weighted by molar-refractivity contribution is 0.102. The number of nitrogens with one attached hydrogen (secondary N) is 2. The van der Waals surface area contributed by atoms with Gasteiger partial charge in [0.15, 0.2) is 0 Å². The lowest BCUT2D eigenvalue weighted by Gasteiger charge is -2.03. The fourth-order valence-electron chi connectivity index (χ4n) is 1.18. The number of anilines is 2. The third-order valence-electron chi connectivity index (χ3n) is 1.93. The molecule has 2 rings (SSSR count). The molecule has 0 aliphatic heterocycles. The van der Waals surface area contributed by atoms with Gasteiger partial charge in [0.2, 0.25) is 0 Å². The van der Waals surface area contributed by atoms with E-state index in [-0.39, 0.29) is 11.6 Å². The second-order valence-corrected chi connectivity index (χ2v) is 3.18. The zero-order chi connectivity index (χ0) is 12.1. The minimum atomic E-state index is -0.358. The summed E-state index contributed by atoms with van der Waals surface area (Å²) in [5.74, 6) is 0.276. The normalized spacial score (nSPS) is 9.94. The molecule has 0 fully saturated rings. The molecule has 7 nitrogen and oxygen atoms in total. The third kappa shape index (κ3) is 2.77. The van der Waals surface area contributed by atoms with Crippen LogP contribution in [0.4, 0.5) is 11.5 Å². The average molecular weight is 233 g/mol. The van der Waals surface area contributed by atoms with Crippen molar-refractivity contribution < 1.29 is 9.32 Å². The Labute approximate surface area is 97.2 Å². The lowest BCUT2D eigenvalue weighted by atomic mass is 10.4. The Hall–Kier alpha value is -2.44. The summed E-state index contributed by atoms with van der Waals surface area (Å²) in [6.45, 7) is 2.70. The van der Waals surface area contributed by atoms with Gasteiger partial charge in [-0.15, -0.1) is 0 Å². The van der Waals surface area contributed by atoms with Crippen LogP contribution in [0.5, 0.6) is 0 Å². The number of hydrogen-bond donors (Lipinski definition) is 2. The van der Waals surface area contributed by atoms with Crippen molar-refractivity contribution in [3.05, 3.63) is 30.5 Å². The minimum absolute atomic E-state index is 0.229. The standard InChI is InChI=1S/C10H11N5O2/c1-2-11-9-5-12-8(4-13-9)10(16)15-7-3-14-17-6-7/h3-6H,2H2,1H3,(H,11,13)(H,15,16). The highest BCUT2D eigenvalue weighted by atomic mass is 16.5. The first-order chi connectivity index (χ1) is 8.29. The maximum atomic E-state index is 11.7. The van der Waals surface area contributed by atoms with E-state index in [2.05, 4.69) is 30.3 Å². The van der Waals surface area contributed by atoms with Crippen molar-refractivity contribution in [2.45, 2.75) is 6.92 Å². The fourth-order valence-corrected chi connectivity index (χ4v) is 1.18. The molecule has 0 aromatic carbocycles. The highest BCUT2D eigenvalue weighted by molar-refractivity contribution is 6.02.